The van der Waals surface area contributed by atoms with Crippen LogP contribution in [0, 0.1) is 11.8 Å². The van der Waals surface area contributed by atoms with E-state index in [0.29, 0.717) is 31.6 Å². The molecule has 1 fully saturated rings. The molecule has 164 valence electrons. The number of piperidine rings is 1. The maximum Gasteiger partial charge on any atom is 0.401 e. The van der Waals surface area contributed by atoms with E-state index in [2.05, 4.69) is 31.6 Å². The van der Waals surface area contributed by atoms with Crippen molar-refractivity contribution in [2.75, 3.05) is 19.6 Å². The number of halogens is 3. The van der Waals surface area contributed by atoms with Crippen LogP contribution < -0.4 is 0 Å². The number of hydrogen-bond acceptors (Lipinski definition) is 4. The number of fused-ring (bicyclic) bond motifs is 1. The Morgan fingerprint density at radius 2 is 1.97 bits per heavy atom. The summed E-state index contributed by atoms with van der Waals surface area (Å²) in [5.41, 5.74) is 2.18. The summed E-state index contributed by atoms with van der Waals surface area (Å²) in [6, 6.07) is 1.97. The predicted molar refractivity (Wildman–Crippen MR) is 111 cm³/mol. The molecule has 9 heteroatoms. The number of nitrogens with zero attached hydrogens (tertiary/aromatic N) is 4. The molecule has 1 saturated heterocycles. The summed E-state index contributed by atoms with van der Waals surface area (Å²) >= 11 is 0. The van der Waals surface area contributed by atoms with Gasteiger partial charge in [0.05, 0.1) is 24.5 Å². The fourth-order valence-corrected chi connectivity index (χ4v) is 3.97. The number of likely N-dealkylation sites (tertiary alicyclic amines) is 1. The molecule has 4 rings (SSSR count). The number of pyridine rings is 1. The standard InChI is InChI=1S/C22H24F3N5O/c1-21(2,31)6-3-16-9-18-19(15-10-27-28-11-15)13-30(20(18)12-26-16)17-4-7-29(8-5-17)14-22(23,24)25/h9-13,17,31H,4-5,7-8,14H2,1-2H3,(H,27,28). The van der Waals surface area contributed by atoms with Crippen molar-refractivity contribution >= 4 is 10.9 Å². The second kappa shape index (κ2) is 8.02. The molecule has 3 aromatic heterocycles. The first-order valence-electron chi connectivity index (χ1n) is 10.1. The molecule has 31 heavy (non-hydrogen) atoms. The predicted octanol–water partition coefficient (Wildman–Crippen LogP) is 3.75. The zero-order valence-corrected chi connectivity index (χ0v) is 17.4. The van der Waals surface area contributed by atoms with Crippen molar-refractivity contribution in [3.63, 3.8) is 0 Å². The van der Waals surface area contributed by atoms with Crippen LogP contribution in [0.25, 0.3) is 22.0 Å². The van der Waals surface area contributed by atoms with Crippen LogP contribution in [-0.4, -0.2) is 61.2 Å². The summed E-state index contributed by atoms with van der Waals surface area (Å²) < 4.78 is 40.3. The highest BCUT2D eigenvalue weighted by molar-refractivity contribution is 5.96. The minimum absolute atomic E-state index is 0.0859. The summed E-state index contributed by atoms with van der Waals surface area (Å²) in [6.45, 7) is 3.15. The monoisotopic (exact) mass is 431 g/mol. The molecule has 2 N–H and O–H groups in total. The molecule has 0 bridgehead atoms. The van der Waals surface area contributed by atoms with Crippen LogP contribution in [0.4, 0.5) is 13.2 Å². The lowest BCUT2D eigenvalue weighted by Gasteiger charge is -2.33. The fraction of sp³-hybridized carbons (Fsp3) is 0.455. The number of aromatic nitrogens is 4. The molecular weight excluding hydrogens is 407 g/mol. The highest BCUT2D eigenvalue weighted by Gasteiger charge is 2.33. The summed E-state index contributed by atoms with van der Waals surface area (Å²) in [6.07, 6.45) is 4.38. The van der Waals surface area contributed by atoms with Gasteiger partial charge in [-0.05, 0) is 38.7 Å². The molecule has 0 unspecified atom stereocenters. The average molecular weight is 431 g/mol. The highest BCUT2D eigenvalue weighted by Crippen LogP contribution is 2.35. The molecule has 0 spiro atoms. The van der Waals surface area contributed by atoms with Gasteiger partial charge in [0.2, 0.25) is 0 Å². The van der Waals surface area contributed by atoms with Gasteiger partial charge in [-0.1, -0.05) is 5.92 Å². The van der Waals surface area contributed by atoms with Crippen molar-refractivity contribution in [1.29, 1.82) is 0 Å². The maximum absolute atomic E-state index is 12.7. The Morgan fingerprint density at radius 3 is 2.58 bits per heavy atom. The first kappa shape index (κ1) is 21.4. The molecule has 0 aromatic carbocycles. The van der Waals surface area contributed by atoms with E-state index in [0.717, 1.165) is 22.0 Å². The number of H-pyrrole nitrogens is 1. The van der Waals surface area contributed by atoms with Crippen LogP contribution in [0.15, 0.2) is 30.9 Å². The largest absolute Gasteiger partial charge is 0.401 e. The fourth-order valence-electron chi connectivity index (χ4n) is 3.97. The van der Waals surface area contributed by atoms with Crippen molar-refractivity contribution in [1.82, 2.24) is 24.6 Å². The van der Waals surface area contributed by atoms with Gasteiger partial charge in [-0.2, -0.15) is 18.3 Å². The van der Waals surface area contributed by atoms with E-state index in [9.17, 15) is 18.3 Å². The first-order chi connectivity index (χ1) is 14.6. The number of aromatic amines is 1. The first-order valence-corrected chi connectivity index (χ1v) is 10.1. The van der Waals surface area contributed by atoms with Crippen LogP contribution in [0.5, 0.6) is 0 Å². The van der Waals surface area contributed by atoms with Crippen LogP contribution in [0.3, 0.4) is 0 Å². The number of alkyl halides is 3. The smallest absolute Gasteiger partial charge is 0.378 e. The molecule has 1 aliphatic rings. The highest BCUT2D eigenvalue weighted by atomic mass is 19.4. The van der Waals surface area contributed by atoms with Gasteiger partial charge in [0.1, 0.15) is 11.3 Å². The molecule has 0 atom stereocenters. The van der Waals surface area contributed by atoms with E-state index < -0.39 is 18.3 Å². The third kappa shape index (κ3) is 5.09. The van der Waals surface area contributed by atoms with Gasteiger partial charge in [-0.15, -0.1) is 0 Å². The SMILES string of the molecule is CC(C)(O)C#Cc1cc2c(-c3cn[nH]c3)cn(C3CCN(CC(F)(F)F)CC3)c2cn1. The van der Waals surface area contributed by atoms with Crippen molar-refractivity contribution in [3.05, 3.63) is 36.5 Å². The Bertz CT molecular complexity index is 1110. The number of aliphatic hydroxyl groups is 1. The van der Waals surface area contributed by atoms with Crippen LogP contribution in [-0.2, 0) is 0 Å². The summed E-state index contributed by atoms with van der Waals surface area (Å²) in [7, 11) is 0. The Morgan fingerprint density at radius 1 is 1.23 bits per heavy atom. The lowest BCUT2D eigenvalue weighted by Crippen LogP contribution is -2.40. The summed E-state index contributed by atoms with van der Waals surface area (Å²) in [5, 5.41) is 17.7. The van der Waals surface area contributed by atoms with Crippen LogP contribution >= 0.6 is 0 Å². The van der Waals surface area contributed by atoms with Crippen LogP contribution in [0.1, 0.15) is 38.4 Å². The molecule has 1 aliphatic heterocycles. The van der Waals surface area contributed by atoms with Gasteiger partial charge in [0, 0.05) is 48.0 Å². The van der Waals surface area contributed by atoms with Crippen molar-refractivity contribution in [2.45, 2.75) is 44.5 Å². The Kier molecular flexibility index (Phi) is 5.54. The maximum atomic E-state index is 12.7. The van der Waals surface area contributed by atoms with Crippen LogP contribution in [0.2, 0.25) is 0 Å². The molecule has 3 aromatic rings. The van der Waals surface area contributed by atoms with Gasteiger partial charge < -0.3 is 9.67 Å². The molecule has 0 saturated carbocycles. The zero-order valence-electron chi connectivity index (χ0n) is 17.4. The molecule has 4 heterocycles. The molecular formula is C22H24F3N5O. The number of nitrogens with one attached hydrogen (secondary N) is 1. The van der Waals surface area contributed by atoms with E-state index in [1.807, 2.05) is 12.3 Å². The average Bonchev–Trinajstić information content (AvgIpc) is 3.32. The Labute approximate surface area is 178 Å². The quantitative estimate of drug-likeness (QED) is 0.620. The molecule has 6 nitrogen and oxygen atoms in total. The summed E-state index contributed by atoms with van der Waals surface area (Å²) in [4.78, 5) is 5.90. The molecule has 0 aliphatic carbocycles. The Hall–Kier alpha value is -2.83. The Balaban J connectivity index is 1.68. The lowest BCUT2D eigenvalue weighted by atomic mass is 10.0. The van der Waals surface area contributed by atoms with Crippen molar-refractivity contribution < 1.29 is 18.3 Å². The summed E-state index contributed by atoms with van der Waals surface area (Å²) in [5.74, 6) is 5.68. The van der Waals surface area contributed by atoms with E-state index in [4.69, 9.17) is 0 Å². The van der Waals surface area contributed by atoms with Gasteiger partial charge in [-0.25, -0.2) is 4.98 Å². The number of rotatable bonds is 3. The third-order valence-electron chi connectivity index (χ3n) is 5.38. The van der Waals surface area contributed by atoms with Gasteiger partial charge >= 0.3 is 6.18 Å². The normalized spacial score (nSPS) is 16.5. The molecule has 0 amide bonds. The van der Waals surface area contributed by atoms with E-state index in [1.54, 1.807) is 32.4 Å². The second-order valence-corrected chi connectivity index (χ2v) is 8.46. The van der Waals surface area contributed by atoms with E-state index in [-0.39, 0.29) is 6.04 Å². The number of hydrogen-bond donors (Lipinski definition) is 2. The van der Waals surface area contributed by atoms with E-state index >= 15 is 0 Å². The topological polar surface area (TPSA) is 70.0 Å². The molecule has 0 radical (unpaired) electrons. The zero-order chi connectivity index (χ0) is 22.2. The minimum Gasteiger partial charge on any atom is -0.378 e. The lowest BCUT2D eigenvalue weighted by molar-refractivity contribution is -0.148. The van der Waals surface area contributed by atoms with Crippen molar-refractivity contribution in [2.24, 2.45) is 0 Å². The van der Waals surface area contributed by atoms with E-state index in [1.165, 1.54) is 4.90 Å². The van der Waals surface area contributed by atoms with Gasteiger partial charge in [0.25, 0.3) is 0 Å². The van der Waals surface area contributed by atoms with Crippen molar-refractivity contribution in [3.8, 4) is 23.0 Å². The third-order valence-corrected chi connectivity index (χ3v) is 5.38. The second-order valence-electron chi connectivity index (χ2n) is 8.46. The van der Waals surface area contributed by atoms with Gasteiger partial charge in [-0.3, -0.25) is 10.00 Å². The minimum atomic E-state index is -4.17. The van der Waals surface area contributed by atoms with Gasteiger partial charge in [0.15, 0.2) is 0 Å².